The van der Waals surface area contributed by atoms with Crippen molar-refractivity contribution in [2.24, 2.45) is 0 Å². The third-order valence-corrected chi connectivity index (χ3v) is 7.75. The average Bonchev–Trinajstić information content (AvgIpc) is 2.84. The minimum atomic E-state index is -4.02. The molecule has 0 atom stereocenters. The summed E-state index contributed by atoms with van der Waals surface area (Å²) in [6, 6.07) is 11.1. The molecule has 1 saturated heterocycles. The van der Waals surface area contributed by atoms with Crippen LogP contribution in [0.15, 0.2) is 52.3 Å². The van der Waals surface area contributed by atoms with Gasteiger partial charge in [0.2, 0.25) is 0 Å². The van der Waals surface area contributed by atoms with E-state index in [4.69, 9.17) is 0 Å². The van der Waals surface area contributed by atoms with Gasteiger partial charge in [-0.15, -0.1) is 11.8 Å². The van der Waals surface area contributed by atoms with E-state index in [9.17, 15) is 18.0 Å². The number of para-hydroxylation sites is 1. The number of hydrogen-bond donors (Lipinski definition) is 2. The molecule has 0 bridgehead atoms. The van der Waals surface area contributed by atoms with Crippen LogP contribution in [0.2, 0.25) is 0 Å². The minimum absolute atomic E-state index is 0.0122. The van der Waals surface area contributed by atoms with Gasteiger partial charge in [0.15, 0.2) is 0 Å². The van der Waals surface area contributed by atoms with Crippen molar-refractivity contribution < 1.29 is 18.0 Å². The highest BCUT2D eigenvalue weighted by Gasteiger charge is 2.24. The van der Waals surface area contributed by atoms with Crippen LogP contribution in [-0.2, 0) is 10.0 Å². The lowest BCUT2D eigenvalue weighted by atomic mass is 10.1. The molecule has 1 heterocycles. The van der Waals surface area contributed by atoms with E-state index in [0.29, 0.717) is 25.2 Å². The molecule has 33 heavy (non-hydrogen) atoms. The Balaban J connectivity index is 1.88. The third-order valence-electron chi connectivity index (χ3n) is 5.59. The second-order valence-electron chi connectivity index (χ2n) is 7.98. The number of anilines is 1. The van der Waals surface area contributed by atoms with Crippen LogP contribution in [0.4, 0.5) is 5.69 Å². The Bertz CT molecular complexity index is 1100. The Hall–Kier alpha value is -2.52. The molecule has 0 saturated carbocycles. The molecule has 7 nitrogen and oxygen atoms in total. The van der Waals surface area contributed by atoms with Crippen molar-refractivity contribution in [1.29, 1.82) is 0 Å². The van der Waals surface area contributed by atoms with E-state index in [0.717, 1.165) is 37.0 Å². The minimum Gasteiger partial charge on any atom is -0.352 e. The number of piperidine rings is 1. The van der Waals surface area contributed by atoms with E-state index in [1.54, 1.807) is 35.2 Å². The van der Waals surface area contributed by atoms with Crippen molar-refractivity contribution in [2.75, 3.05) is 30.6 Å². The maximum absolute atomic E-state index is 13.2. The molecule has 1 aliphatic heterocycles. The van der Waals surface area contributed by atoms with Gasteiger partial charge in [-0.25, -0.2) is 8.42 Å². The molecular formula is C24H31N3O4S2. The number of likely N-dealkylation sites (tertiary alicyclic amines) is 1. The van der Waals surface area contributed by atoms with Crippen LogP contribution in [0.5, 0.6) is 0 Å². The summed E-state index contributed by atoms with van der Waals surface area (Å²) in [7, 11) is -4.02. The van der Waals surface area contributed by atoms with Crippen molar-refractivity contribution in [1.82, 2.24) is 10.2 Å². The number of unbranched alkanes of at least 4 members (excludes halogenated alkanes) is 1. The molecule has 3 rings (SSSR count). The highest BCUT2D eigenvalue weighted by molar-refractivity contribution is 7.98. The summed E-state index contributed by atoms with van der Waals surface area (Å²) < 4.78 is 29.0. The largest absolute Gasteiger partial charge is 0.352 e. The standard InChI is InChI=1S/C24H31N3O4S2/c1-3-4-14-25-23(28)19-10-6-7-11-21(19)26-33(30,31)18-12-13-22(32-2)20(17-18)24(29)27-15-8-5-9-16-27/h6-7,10-13,17,26H,3-5,8-9,14-16H2,1-2H3,(H,25,28). The van der Waals surface area contributed by atoms with Gasteiger partial charge in [0.1, 0.15) is 0 Å². The van der Waals surface area contributed by atoms with Crippen molar-refractivity contribution in [3.63, 3.8) is 0 Å². The van der Waals surface area contributed by atoms with Crippen molar-refractivity contribution in [2.45, 2.75) is 48.8 Å². The molecule has 9 heteroatoms. The zero-order chi connectivity index (χ0) is 23.8. The topological polar surface area (TPSA) is 95.6 Å². The molecule has 1 fully saturated rings. The first kappa shape index (κ1) is 25.1. The lowest BCUT2D eigenvalue weighted by Gasteiger charge is -2.27. The summed E-state index contributed by atoms with van der Waals surface area (Å²) in [5.41, 5.74) is 0.838. The second kappa shape index (κ2) is 11.6. The summed E-state index contributed by atoms with van der Waals surface area (Å²) in [5.74, 6) is -0.479. The van der Waals surface area contributed by atoms with Gasteiger partial charge in [-0.1, -0.05) is 25.5 Å². The molecule has 2 aromatic rings. The first-order valence-corrected chi connectivity index (χ1v) is 14.0. The molecule has 0 radical (unpaired) electrons. The summed E-state index contributed by atoms with van der Waals surface area (Å²) in [5, 5.41) is 2.81. The van der Waals surface area contributed by atoms with E-state index in [-0.39, 0.29) is 28.0 Å². The van der Waals surface area contributed by atoms with Crippen LogP contribution < -0.4 is 10.0 Å². The quantitative estimate of drug-likeness (QED) is 0.403. The SMILES string of the molecule is CCCCNC(=O)c1ccccc1NS(=O)(=O)c1ccc(SC)c(C(=O)N2CCCCC2)c1. The number of nitrogens with one attached hydrogen (secondary N) is 2. The summed E-state index contributed by atoms with van der Waals surface area (Å²) in [6.45, 7) is 3.92. The number of benzene rings is 2. The highest BCUT2D eigenvalue weighted by Crippen LogP contribution is 2.28. The van der Waals surface area contributed by atoms with Gasteiger partial charge in [0.25, 0.3) is 21.8 Å². The predicted molar refractivity (Wildman–Crippen MR) is 132 cm³/mol. The molecular weight excluding hydrogens is 458 g/mol. The zero-order valence-electron chi connectivity index (χ0n) is 19.1. The van der Waals surface area contributed by atoms with Crippen LogP contribution in [-0.4, -0.2) is 51.0 Å². The number of carbonyl (C=O) groups is 2. The molecule has 2 aromatic carbocycles. The van der Waals surface area contributed by atoms with Crippen molar-refractivity contribution >= 4 is 39.3 Å². The number of hydrogen-bond acceptors (Lipinski definition) is 5. The van der Waals surface area contributed by atoms with E-state index in [1.165, 1.54) is 23.9 Å². The fourth-order valence-electron chi connectivity index (χ4n) is 3.74. The number of sulfonamides is 1. The maximum atomic E-state index is 13.2. The van der Waals surface area contributed by atoms with Gasteiger partial charge in [-0.3, -0.25) is 14.3 Å². The Morgan fingerprint density at radius 1 is 1.03 bits per heavy atom. The zero-order valence-corrected chi connectivity index (χ0v) is 20.7. The van der Waals surface area contributed by atoms with Gasteiger partial charge < -0.3 is 10.2 Å². The van der Waals surface area contributed by atoms with E-state index >= 15 is 0 Å². The highest BCUT2D eigenvalue weighted by atomic mass is 32.2. The van der Waals surface area contributed by atoms with Crippen LogP contribution in [0.1, 0.15) is 59.7 Å². The monoisotopic (exact) mass is 489 g/mol. The molecule has 2 amide bonds. The van der Waals surface area contributed by atoms with Crippen LogP contribution >= 0.6 is 11.8 Å². The van der Waals surface area contributed by atoms with Gasteiger partial charge >= 0.3 is 0 Å². The predicted octanol–water partition coefficient (Wildman–Crippen LogP) is 4.37. The molecule has 0 aromatic heterocycles. The summed E-state index contributed by atoms with van der Waals surface area (Å²) >= 11 is 1.41. The van der Waals surface area contributed by atoms with Crippen molar-refractivity contribution in [3.05, 3.63) is 53.6 Å². The Kier molecular flexibility index (Phi) is 8.80. The second-order valence-corrected chi connectivity index (χ2v) is 10.5. The number of carbonyl (C=O) groups excluding carboxylic acids is 2. The van der Waals surface area contributed by atoms with Gasteiger partial charge in [0.05, 0.1) is 21.7 Å². The molecule has 0 aliphatic carbocycles. The Labute approximate surface area is 200 Å². The normalized spacial score (nSPS) is 14.1. The van der Waals surface area contributed by atoms with Gasteiger partial charge in [-0.2, -0.15) is 0 Å². The molecule has 2 N–H and O–H groups in total. The van der Waals surface area contributed by atoms with Crippen LogP contribution in [0, 0.1) is 0 Å². The molecule has 0 unspecified atom stereocenters. The number of rotatable bonds is 9. The smallest absolute Gasteiger partial charge is 0.261 e. The van der Waals surface area contributed by atoms with E-state index in [2.05, 4.69) is 10.0 Å². The number of nitrogens with zero attached hydrogens (tertiary/aromatic N) is 1. The van der Waals surface area contributed by atoms with Gasteiger partial charge in [-0.05, 0) is 62.3 Å². The van der Waals surface area contributed by atoms with E-state index < -0.39 is 10.0 Å². The molecule has 1 aliphatic rings. The van der Waals surface area contributed by atoms with Crippen LogP contribution in [0.3, 0.4) is 0 Å². The Morgan fingerprint density at radius 3 is 2.45 bits per heavy atom. The third kappa shape index (κ3) is 6.29. The lowest BCUT2D eigenvalue weighted by molar-refractivity contribution is 0.0720. The fourth-order valence-corrected chi connectivity index (χ4v) is 5.41. The summed E-state index contributed by atoms with van der Waals surface area (Å²) in [4.78, 5) is 28.2. The molecule has 0 spiro atoms. The van der Waals surface area contributed by atoms with Crippen molar-refractivity contribution in [3.8, 4) is 0 Å². The van der Waals surface area contributed by atoms with E-state index in [1.807, 2.05) is 13.2 Å². The maximum Gasteiger partial charge on any atom is 0.261 e. The summed E-state index contributed by atoms with van der Waals surface area (Å²) in [6.07, 6.45) is 6.66. The average molecular weight is 490 g/mol. The molecule has 178 valence electrons. The Morgan fingerprint density at radius 2 is 1.76 bits per heavy atom. The lowest BCUT2D eigenvalue weighted by Crippen LogP contribution is -2.36. The first-order chi connectivity index (χ1) is 15.9. The van der Waals surface area contributed by atoms with Gasteiger partial charge in [0, 0.05) is 24.5 Å². The fraction of sp³-hybridized carbons (Fsp3) is 0.417. The number of amides is 2. The first-order valence-electron chi connectivity index (χ1n) is 11.2. The van der Waals surface area contributed by atoms with Crippen LogP contribution in [0.25, 0.3) is 0 Å². The number of thioether (sulfide) groups is 1.